The Morgan fingerprint density at radius 2 is 1.81 bits per heavy atom. The minimum Gasteiger partial charge on any atom is -0.484 e. The number of nitrogens with one attached hydrogen (secondary N) is 2. The van der Waals surface area contributed by atoms with E-state index in [2.05, 4.69) is 14.4 Å². The summed E-state index contributed by atoms with van der Waals surface area (Å²) in [7, 11) is -3.79. The number of anilines is 2. The van der Waals surface area contributed by atoms with Crippen molar-refractivity contribution < 1.29 is 17.9 Å². The maximum atomic E-state index is 12.6. The minimum atomic E-state index is -3.79. The highest BCUT2D eigenvalue weighted by Crippen LogP contribution is 2.24. The lowest BCUT2D eigenvalue weighted by Gasteiger charge is -2.11. The molecule has 32 heavy (non-hydrogen) atoms. The number of nitrogens with zero attached hydrogens (tertiary/aromatic N) is 1. The number of benzene rings is 3. The summed E-state index contributed by atoms with van der Waals surface area (Å²) in [4.78, 5) is 12.2. The Labute approximate surface area is 194 Å². The molecule has 0 radical (unpaired) electrons. The van der Waals surface area contributed by atoms with Crippen LogP contribution in [0.2, 0.25) is 5.02 Å². The van der Waals surface area contributed by atoms with Gasteiger partial charge in [0.2, 0.25) is 0 Å². The van der Waals surface area contributed by atoms with Crippen LogP contribution in [-0.2, 0) is 14.8 Å². The minimum absolute atomic E-state index is 0.0590. The number of sulfonamides is 1. The maximum Gasteiger partial charge on any atom is 0.262 e. The lowest BCUT2D eigenvalue weighted by atomic mass is 10.2. The molecule has 0 atom stereocenters. The lowest BCUT2D eigenvalue weighted by Crippen LogP contribution is -2.20. The number of hydrogen-bond acceptors (Lipinski definition) is 6. The number of hydrogen-bond donors (Lipinski definition) is 2. The fourth-order valence-corrected chi connectivity index (χ4v) is 4.74. The molecule has 4 aromatic rings. The van der Waals surface area contributed by atoms with Gasteiger partial charge in [0.15, 0.2) is 6.61 Å². The van der Waals surface area contributed by atoms with Gasteiger partial charge in [0.1, 0.15) is 5.75 Å². The van der Waals surface area contributed by atoms with Crippen LogP contribution in [0.5, 0.6) is 5.75 Å². The van der Waals surface area contributed by atoms with Crippen molar-refractivity contribution >= 4 is 60.5 Å². The van der Waals surface area contributed by atoms with Gasteiger partial charge in [0.05, 0.1) is 15.3 Å². The van der Waals surface area contributed by atoms with Crippen LogP contribution in [0.4, 0.5) is 11.4 Å². The average Bonchev–Trinajstić information content (AvgIpc) is 3.23. The van der Waals surface area contributed by atoms with Gasteiger partial charge in [-0.1, -0.05) is 17.7 Å². The molecule has 0 saturated heterocycles. The van der Waals surface area contributed by atoms with Crippen LogP contribution in [0.3, 0.4) is 0 Å². The van der Waals surface area contributed by atoms with Crippen molar-refractivity contribution in [3.8, 4) is 5.75 Å². The molecule has 0 fully saturated rings. The fraction of sp³-hybridized carbons (Fsp3) is 0.0909. The number of aromatic nitrogens is 1. The summed E-state index contributed by atoms with van der Waals surface area (Å²) < 4.78 is 38.3. The summed E-state index contributed by atoms with van der Waals surface area (Å²) in [5.74, 6) is 0.0390. The van der Waals surface area contributed by atoms with Crippen LogP contribution < -0.4 is 14.8 Å². The summed E-state index contributed by atoms with van der Waals surface area (Å²) in [6.45, 7) is 1.62. The molecule has 0 bridgehead atoms. The maximum absolute atomic E-state index is 12.6. The normalized spacial score (nSPS) is 11.3. The van der Waals surface area contributed by atoms with Crippen LogP contribution in [0.15, 0.2) is 71.8 Å². The molecular formula is C22H18ClN3O4S2. The van der Waals surface area contributed by atoms with E-state index in [1.165, 1.54) is 35.8 Å². The van der Waals surface area contributed by atoms with Gasteiger partial charge < -0.3 is 10.1 Å². The van der Waals surface area contributed by atoms with Gasteiger partial charge in [-0.2, -0.15) is 4.37 Å². The van der Waals surface area contributed by atoms with Crippen molar-refractivity contribution in [1.82, 2.24) is 4.37 Å². The molecule has 2 N–H and O–H groups in total. The largest absolute Gasteiger partial charge is 0.484 e. The zero-order chi connectivity index (χ0) is 22.7. The van der Waals surface area contributed by atoms with Gasteiger partial charge in [0.25, 0.3) is 15.9 Å². The third-order valence-electron chi connectivity index (χ3n) is 4.56. The van der Waals surface area contributed by atoms with Crippen LogP contribution in [0.25, 0.3) is 10.1 Å². The predicted molar refractivity (Wildman–Crippen MR) is 127 cm³/mol. The third-order valence-corrected chi connectivity index (χ3v) is 7.15. The van der Waals surface area contributed by atoms with Crippen LogP contribution in [0, 0.1) is 6.92 Å². The first-order valence-corrected chi connectivity index (χ1v) is 12.1. The lowest BCUT2D eigenvalue weighted by molar-refractivity contribution is -0.118. The summed E-state index contributed by atoms with van der Waals surface area (Å²) in [5, 5.41) is 4.18. The van der Waals surface area contributed by atoms with Gasteiger partial charge in [-0.3, -0.25) is 9.52 Å². The number of carbonyl (C=O) groups is 1. The van der Waals surface area contributed by atoms with Crippen LogP contribution >= 0.6 is 23.1 Å². The Morgan fingerprint density at radius 3 is 2.56 bits per heavy atom. The Kier molecular flexibility index (Phi) is 6.31. The van der Waals surface area contributed by atoms with E-state index < -0.39 is 10.0 Å². The van der Waals surface area contributed by atoms with Crippen molar-refractivity contribution in [3.63, 3.8) is 0 Å². The average molecular weight is 488 g/mol. The van der Waals surface area contributed by atoms with Crippen molar-refractivity contribution in [1.29, 1.82) is 0 Å². The first kappa shape index (κ1) is 22.1. The molecule has 3 aromatic carbocycles. The molecule has 164 valence electrons. The Balaban J connectivity index is 1.35. The quantitative estimate of drug-likeness (QED) is 0.379. The van der Waals surface area contributed by atoms with Crippen molar-refractivity contribution in [2.75, 3.05) is 16.6 Å². The number of ether oxygens (including phenoxy) is 1. The second-order valence-corrected chi connectivity index (χ2v) is 9.88. The monoisotopic (exact) mass is 487 g/mol. The highest BCUT2D eigenvalue weighted by Gasteiger charge is 2.15. The fourth-order valence-electron chi connectivity index (χ4n) is 2.88. The summed E-state index contributed by atoms with van der Waals surface area (Å²) >= 11 is 7.44. The molecule has 0 spiro atoms. The van der Waals surface area contributed by atoms with Crippen molar-refractivity contribution in [2.45, 2.75) is 11.8 Å². The molecule has 4 rings (SSSR count). The van der Waals surface area contributed by atoms with Crippen molar-refractivity contribution in [3.05, 3.63) is 77.4 Å². The molecule has 10 heteroatoms. The summed E-state index contributed by atoms with van der Waals surface area (Å²) in [6, 6.07) is 16.3. The smallest absolute Gasteiger partial charge is 0.262 e. The molecule has 0 saturated carbocycles. The number of carbonyl (C=O) groups excluding carboxylic acids is 1. The van der Waals surface area contributed by atoms with Gasteiger partial charge in [-0.05, 0) is 78.6 Å². The van der Waals surface area contributed by atoms with E-state index in [4.69, 9.17) is 16.3 Å². The summed E-state index contributed by atoms with van der Waals surface area (Å²) in [5.41, 5.74) is 1.87. The molecule has 0 aliphatic rings. The number of fused-ring (bicyclic) bond motifs is 1. The number of halogens is 1. The van der Waals surface area contributed by atoms with Gasteiger partial charge in [-0.25, -0.2) is 8.42 Å². The Morgan fingerprint density at radius 1 is 1.06 bits per heavy atom. The molecule has 0 unspecified atom stereocenters. The molecule has 1 amide bonds. The first-order valence-electron chi connectivity index (χ1n) is 9.46. The predicted octanol–water partition coefficient (Wildman–Crippen LogP) is 5.08. The molecule has 1 aromatic heterocycles. The first-order chi connectivity index (χ1) is 15.3. The topological polar surface area (TPSA) is 97.4 Å². The second kappa shape index (κ2) is 9.15. The molecule has 7 nitrogen and oxygen atoms in total. The number of rotatable bonds is 7. The Bertz CT molecular complexity index is 1390. The number of aryl methyl sites for hydroxylation is 1. The molecule has 0 aliphatic carbocycles. The van der Waals surface area contributed by atoms with E-state index in [0.717, 1.165) is 15.6 Å². The standard InChI is InChI=1S/C22H18ClN3O4S2/c1-14-2-3-17(11-20(14)23)26-32(28,29)19-7-5-18(6-8-19)30-13-22(27)25-16-4-9-21-15(10-16)12-24-31-21/h2-12,26H,13H2,1H3,(H,25,27). The van der Waals surface area contributed by atoms with Crippen molar-refractivity contribution in [2.24, 2.45) is 0 Å². The molecular weight excluding hydrogens is 470 g/mol. The third kappa shape index (κ3) is 5.18. The van der Waals surface area contributed by atoms with E-state index in [0.29, 0.717) is 22.1 Å². The highest BCUT2D eigenvalue weighted by atomic mass is 35.5. The van der Waals surface area contributed by atoms with Gasteiger partial charge in [0, 0.05) is 22.3 Å². The highest BCUT2D eigenvalue weighted by molar-refractivity contribution is 7.92. The van der Waals surface area contributed by atoms with Gasteiger partial charge >= 0.3 is 0 Å². The number of amides is 1. The Hall–Kier alpha value is -3.14. The second-order valence-electron chi connectivity index (χ2n) is 6.96. The zero-order valence-electron chi connectivity index (χ0n) is 16.8. The molecule has 1 heterocycles. The van der Waals surface area contributed by atoms with Gasteiger partial charge in [-0.15, -0.1) is 0 Å². The molecule has 0 aliphatic heterocycles. The van der Waals surface area contributed by atoms with E-state index in [-0.39, 0.29) is 17.4 Å². The van der Waals surface area contributed by atoms with E-state index in [1.807, 2.05) is 19.1 Å². The van der Waals surface area contributed by atoms with E-state index in [1.54, 1.807) is 30.5 Å². The van der Waals surface area contributed by atoms with Crippen LogP contribution in [0.1, 0.15) is 5.56 Å². The zero-order valence-corrected chi connectivity index (χ0v) is 19.2. The summed E-state index contributed by atoms with van der Waals surface area (Å²) in [6.07, 6.45) is 1.74. The van der Waals surface area contributed by atoms with Crippen LogP contribution in [-0.4, -0.2) is 25.3 Å². The van der Waals surface area contributed by atoms with E-state index in [9.17, 15) is 13.2 Å². The SMILES string of the molecule is Cc1ccc(NS(=O)(=O)c2ccc(OCC(=O)Nc3ccc4sncc4c3)cc2)cc1Cl. The van der Waals surface area contributed by atoms with E-state index >= 15 is 0 Å².